The molecule has 2 heterocycles. The van der Waals surface area contributed by atoms with Crippen LogP contribution in [-0.2, 0) is 27.2 Å². The number of aliphatic hydroxyl groups excluding tert-OH is 1. The Labute approximate surface area is 205 Å². The van der Waals surface area contributed by atoms with Crippen LogP contribution in [0.25, 0.3) is 16.5 Å². The molecule has 5 nitrogen and oxygen atoms in total. The van der Waals surface area contributed by atoms with Gasteiger partial charge in [0.25, 0.3) is 11.7 Å². The maximum absolute atomic E-state index is 13.5. The fourth-order valence-electron chi connectivity index (χ4n) is 5.92. The van der Waals surface area contributed by atoms with E-state index in [1.54, 1.807) is 4.90 Å². The summed E-state index contributed by atoms with van der Waals surface area (Å²) in [7, 11) is 0. The number of fused-ring (bicyclic) bond motifs is 2. The second kappa shape index (κ2) is 8.97. The molecule has 2 unspecified atom stereocenters. The molecule has 2 fully saturated rings. The molecule has 6 rings (SSSR count). The number of Topliss-reactive ketones (excluding diaryl/α,β-unsaturated/α-hetero) is 1. The Morgan fingerprint density at radius 1 is 0.943 bits per heavy atom. The monoisotopic (exact) mass is 467 g/mol. The Kier molecular flexibility index (Phi) is 5.65. The molecule has 1 amide bonds. The number of hydrogen-bond acceptors (Lipinski definition) is 4. The molecule has 1 N–H and O–H groups in total. The zero-order chi connectivity index (χ0) is 23.9. The third-order valence-corrected chi connectivity index (χ3v) is 7.70. The van der Waals surface area contributed by atoms with Gasteiger partial charge in [-0.1, -0.05) is 54.6 Å². The van der Waals surface area contributed by atoms with E-state index in [-0.39, 0.29) is 17.4 Å². The Hall–Kier alpha value is -3.44. The number of amides is 1. The first-order valence-electron chi connectivity index (χ1n) is 12.6. The van der Waals surface area contributed by atoms with Crippen molar-refractivity contribution >= 4 is 28.2 Å². The molecule has 2 saturated heterocycles. The molecule has 3 aliphatic rings. The highest BCUT2D eigenvalue weighted by atomic mass is 16.5. The fraction of sp³-hybridized carbons (Fsp3) is 0.333. The van der Waals surface area contributed by atoms with Crippen LogP contribution in [-0.4, -0.2) is 41.0 Å². The van der Waals surface area contributed by atoms with E-state index in [1.807, 2.05) is 54.6 Å². The van der Waals surface area contributed by atoms with E-state index in [1.165, 1.54) is 17.5 Å². The summed E-state index contributed by atoms with van der Waals surface area (Å²) in [6, 6.07) is 19.2. The summed E-state index contributed by atoms with van der Waals surface area (Å²) in [5.41, 5.74) is 4.14. The van der Waals surface area contributed by atoms with Crippen molar-refractivity contribution in [1.82, 2.24) is 4.90 Å². The molecule has 0 saturated carbocycles. The van der Waals surface area contributed by atoms with Crippen molar-refractivity contribution in [2.75, 3.05) is 13.2 Å². The van der Waals surface area contributed by atoms with Gasteiger partial charge in [-0.2, -0.15) is 0 Å². The predicted octanol–water partition coefficient (Wildman–Crippen LogP) is 5.32. The summed E-state index contributed by atoms with van der Waals surface area (Å²) in [6.07, 6.45) is 6.01. The van der Waals surface area contributed by atoms with Crippen molar-refractivity contribution in [1.29, 1.82) is 0 Å². The maximum Gasteiger partial charge on any atom is 0.295 e. The zero-order valence-corrected chi connectivity index (χ0v) is 19.7. The Balaban J connectivity index is 1.52. The fourth-order valence-corrected chi connectivity index (χ4v) is 5.92. The molecular formula is C30H29NO4. The first-order valence-corrected chi connectivity index (χ1v) is 12.6. The van der Waals surface area contributed by atoms with Crippen LogP contribution in [0.15, 0.2) is 66.2 Å². The number of carbonyl (C=O) groups is 2. The first-order chi connectivity index (χ1) is 17.1. The number of rotatable bonds is 4. The highest BCUT2D eigenvalue weighted by Crippen LogP contribution is 2.42. The third kappa shape index (κ3) is 3.84. The van der Waals surface area contributed by atoms with Crippen LogP contribution < -0.4 is 0 Å². The number of carbonyl (C=O) groups excluding carboxylic acids is 2. The zero-order valence-electron chi connectivity index (χ0n) is 19.7. The number of hydrogen-bond donors (Lipinski definition) is 1. The summed E-state index contributed by atoms with van der Waals surface area (Å²) >= 11 is 0. The summed E-state index contributed by atoms with van der Waals surface area (Å²) in [5.74, 6) is -1.29. The molecule has 3 aromatic rings. The SMILES string of the molecule is O=C1C(=O)N(CC2CCCO2)C(c2cccc3ccccc23)/C1=C(/O)c1ccc2c(c1)CCCC2. The van der Waals surface area contributed by atoms with Gasteiger partial charge < -0.3 is 14.7 Å². The number of ether oxygens (including phenoxy) is 1. The molecule has 5 heteroatoms. The van der Waals surface area contributed by atoms with E-state index in [4.69, 9.17) is 4.74 Å². The third-order valence-electron chi connectivity index (χ3n) is 7.70. The lowest BCUT2D eigenvalue weighted by atomic mass is 9.88. The van der Waals surface area contributed by atoms with E-state index in [2.05, 4.69) is 6.07 Å². The molecule has 0 spiro atoms. The maximum atomic E-state index is 13.5. The molecule has 0 aromatic heterocycles. The van der Waals surface area contributed by atoms with Gasteiger partial charge in [0.15, 0.2) is 0 Å². The largest absolute Gasteiger partial charge is 0.507 e. The lowest BCUT2D eigenvalue weighted by molar-refractivity contribution is -0.140. The second-order valence-corrected chi connectivity index (χ2v) is 9.85. The molecule has 3 aromatic carbocycles. The standard InChI is InChI=1S/C30H29NO4/c32-28(22-15-14-19-7-1-2-9-21(19)17-22)26-27(25-13-5-10-20-8-3-4-12-24(20)25)31(30(34)29(26)33)18-23-11-6-16-35-23/h3-5,8,10,12-15,17,23,27,32H,1-2,6-7,9,11,16,18H2/b28-26-. The number of nitrogens with zero attached hydrogens (tertiary/aromatic N) is 1. The van der Waals surface area contributed by atoms with Gasteiger partial charge in [0.2, 0.25) is 0 Å². The van der Waals surface area contributed by atoms with Crippen LogP contribution in [0, 0.1) is 0 Å². The number of aliphatic hydroxyl groups is 1. The van der Waals surface area contributed by atoms with Crippen LogP contribution in [0.3, 0.4) is 0 Å². The molecule has 2 atom stereocenters. The molecule has 178 valence electrons. The highest BCUT2D eigenvalue weighted by molar-refractivity contribution is 6.46. The smallest absolute Gasteiger partial charge is 0.295 e. The summed E-state index contributed by atoms with van der Waals surface area (Å²) in [4.78, 5) is 28.4. The lowest BCUT2D eigenvalue weighted by Crippen LogP contribution is -2.36. The Morgan fingerprint density at radius 3 is 2.57 bits per heavy atom. The minimum atomic E-state index is -0.665. The minimum absolute atomic E-state index is 0.0931. The number of aryl methyl sites for hydroxylation is 2. The van der Waals surface area contributed by atoms with Crippen LogP contribution in [0.5, 0.6) is 0 Å². The average molecular weight is 468 g/mol. The van der Waals surface area contributed by atoms with Crippen molar-refractivity contribution in [2.24, 2.45) is 0 Å². The molecule has 0 bridgehead atoms. The summed E-state index contributed by atoms with van der Waals surface area (Å²) in [6.45, 7) is 1.00. The van der Waals surface area contributed by atoms with Gasteiger partial charge in [-0.25, -0.2) is 0 Å². The molecule has 0 radical (unpaired) electrons. The molecule has 35 heavy (non-hydrogen) atoms. The van der Waals surface area contributed by atoms with Crippen molar-refractivity contribution in [2.45, 2.75) is 50.7 Å². The summed E-state index contributed by atoms with van der Waals surface area (Å²) in [5, 5.41) is 13.5. The van der Waals surface area contributed by atoms with Gasteiger partial charge in [-0.3, -0.25) is 9.59 Å². The lowest BCUT2D eigenvalue weighted by Gasteiger charge is -2.28. The van der Waals surface area contributed by atoms with E-state index >= 15 is 0 Å². The quantitative estimate of drug-likeness (QED) is 0.320. The number of likely N-dealkylation sites (tertiary alicyclic amines) is 1. The topological polar surface area (TPSA) is 66.8 Å². The Bertz CT molecular complexity index is 1350. The number of benzene rings is 3. The average Bonchev–Trinajstić information content (AvgIpc) is 3.50. The van der Waals surface area contributed by atoms with Gasteiger partial charge in [0.1, 0.15) is 5.76 Å². The molecule has 1 aliphatic carbocycles. The van der Waals surface area contributed by atoms with Crippen LogP contribution in [0.1, 0.15) is 54.0 Å². The van der Waals surface area contributed by atoms with Crippen LogP contribution >= 0.6 is 0 Å². The normalized spacial score (nSPS) is 23.7. The van der Waals surface area contributed by atoms with Crippen LogP contribution in [0.4, 0.5) is 0 Å². The number of ketones is 1. The molecular weight excluding hydrogens is 438 g/mol. The van der Waals surface area contributed by atoms with E-state index in [0.29, 0.717) is 18.7 Å². The van der Waals surface area contributed by atoms with Crippen molar-refractivity contribution in [3.05, 3.63) is 88.5 Å². The highest BCUT2D eigenvalue weighted by Gasteiger charge is 2.47. The minimum Gasteiger partial charge on any atom is -0.507 e. The summed E-state index contributed by atoms with van der Waals surface area (Å²) < 4.78 is 5.83. The van der Waals surface area contributed by atoms with Crippen molar-refractivity contribution < 1.29 is 19.4 Å². The predicted molar refractivity (Wildman–Crippen MR) is 135 cm³/mol. The van der Waals surface area contributed by atoms with Gasteiger partial charge in [0.05, 0.1) is 17.7 Å². The van der Waals surface area contributed by atoms with Crippen molar-refractivity contribution in [3.8, 4) is 0 Å². The second-order valence-electron chi connectivity index (χ2n) is 9.85. The van der Waals surface area contributed by atoms with Gasteiger partial charge in [0, 0.05) is 18.7 Å². The van der Waals surface area contributed by atoms with Gasteiger partial charge in [-0.15, -0.1) is 0 Å². The molecule has 2 aliphatic heterocycles. The van der Waals surface area contributed by atoms with Crippen LogP contribution in [0.2, 0.25) is 0 Å². The van der Waals surface area contributed by atoms with Gasteiger partial charge in [-0.05, 0) is 72.1 Å². The van der Waals surface area contributed by atoms with E-state index in [9.17, 15) is 14.7 Å². The van der Waals surface area contributed by atoms with Crippen molar-refractivity contribution in [3.63, 3.8) is 0 Å². The van der Waals surface area contributed by atoms with Gasteiger partial charge >= 0.3 is 0 Å². The van der Waals surface area contributed by atoms with E-state index in [0.717, 1.165) is 48.4 Å². The Morgan fingerprint density at radius 2 is 1.74 bits per heavy atom. The first kappa shape index (κ1) is 22.1. The van der Waals surface area contributed by atoms with E-state index < -0.39 is 17.7 Å².